The minimum absolute atomic E-state index is 0.0878. The molecular weight excluding hydrogens is 387 g/mol. The van der Waals surface area contributed by atoms with Crippen LogP contribution in [0.25, 0.3) is 0 Å². The lowest BCUT2D eigenvalue weighted by molar-refractivity contribution is 0.0962. The molecule has 0 amide bonds. The van der Waals surface area contributed by atoms with Crippen LogP contribution in [-0.4, -0.2) is 9.02 Å². The standard InChI is InChI=1S/C12H11Br2ClOS/c13-12(14)9(16)7-6-8(15)17-10(7)11(12)4-2-1-3-5-11/h6H,1-5H2. The molecule has 0 aliphatic heterocycles. The number of carbonyl (C=O) groups excluding carboxylic acids is 1. The molecule has 1 aromatic rings. The van der Waals surface area contributed by atoms with Gasteiger partial charge in [0.25, 0.3) is 0 Å². The fourth-order valence-corrected chi connectivity index (χ4v) is 6.52. The van der Waals surface area contributed by atoms with E-state index in [4.69, 9.17) is 11.6 Å². The van der Waals surface area contributed by atoms with Gasteiger partial charge in [-0.2, -0.15) is 0 Å². The lowest BCUT2D eigenvalue weighted by atomic mass is 9.73. The molecule has 1 fully saturated rings. The highest BCUT2D eigenvalue weighted by Gasteiger charge is 2.61. The molecule has 2 aliphatic rings. The van der Waals surface area contributed by atoms with Gasteiger partial charge >= 0.3 is 0 Å². The van der Waals surface area contributed by atoms with Gasteiger partial charge in [0.1, 0.15) is 0 Å². The third-order valence-electron chi connectivity index (χ3n) is 3.97. The SMILES string of the molecule is O=C1c2cc(Cl)sc2C2(CCCCC2)C1(Br)Br. The average molecular weight is 399 g/mol. The summed E-state index contributed by atoms with van der Waals surface area (Å²) in [6, 6.07) is 1.82. The van der Waals surface area contributed by atoms with Gasteiger partial charge in [-0.1, -0.05) is 62.7 Å². The van der Waals surface area contributed by atoms with E-state index in [0.29, 0.717) is 0 Å². The minimum Gasteiger partial charge on any atom is -0.292 e. The van der Waals surface area contributed by atoms with E-state index in [2.05, 4.69) is 31.9 Å². The van der Waals surface area contributed by atoms with Crippen molar-refractivity contribution >= 4 is 60.6 Å². The number of rotatable bonds is 0. The Morgan fingerprint density at radius 1 is 1.24 bits per heavy atom. The highest BCUT2D eigenvalue weighted by Crippen LogP contribution is 2.63. The van der Waals surface area contributed by atoms with Crippen LogP contribution >= 0.6 is 54.8 Å². The first-order valence-electron chi connectivity index (χ1n) is 5.71. The molecule has 0 aromatic carbocycles. The van der Waals surface area contributed by atoms with Crippen molar-refractivity contribution in [3.05, 3.63) is 20.8 Å². The summed E-state index contributed by atoms with van der Waals surface area (Å²) in [7, 11) is 0. The van der Waals surface area contributed by atoms with Crippen molar-refractivity contribution in [2.45, 2.75) is 40.8 Å². The van der Waals surface area contributed by atoms with Crippen LogP contribution in [0.4, 0.5) is 0 Å². The summed E-state index contributed by atoms with van der Waals surface area (Å²) in [6.45, 7) is 0. The van der Waals surface area contributed by atoms with Gasteiger partial charge in [0.05, 0.1) is 4.34 Å². The fraction of sp³-hybridized carbons (Fsp3) is 0.583. The Morgan fingerprint density at radius 2 is 1.88 bits per heavy atom. The van der Waals surface area contributed by atoms with Crippen LogP contribution in [0.1, 0.15) is 47.3 Å². The Bertz CT molecular complexity index is 489. The number of carbonyl (C=O) groups is 1. The number of thiophene rings is 1. The zero-order valence-electron chi connectivity index (χ0n) is 9.06. The van der Waals surface area contributed by atoms with Gasteiger partial charge in [0, 0.05) is 15.9 Å². The number of hydrogen-bond donors (Lipinski definition) is 0. The molecule has 2 aliphatic carbocycles. The molecule has 0 bridgehead atoms. The third kappa shape index (κ3) is 1.57. The Balaban J connectivity index is 2.21. The summed E-state index contributed by atoms with van der Waals surface area (Å²) in [5.41, 5.74) is 0.728. The maximum absolute atomic E-state index is 12.5. The van der Waals surface area contributed by atoms with E-state index in [0.717, 1.165) is 22.7 Å². The summed E-state index contributed by atoms with van der Waals surface area (Å²) in [6.07, 6.45) is 5.74. The van der Waals surface area contributed by atoms with Gasteiger partial charge in [-0.25, -0.2) is 0 Å². The van der Waals surface area contributed by atoms with Crippen LogP contribution in [-0.2, 0) is 5.41 Å². The lowest BCUT2D eigenvalue weighted by Crippen LogP contribution is -2.43. The van der Waals surface area contributed by atoms with E-state index in [1.807, 2.05) is 6.07 Å². The highest BCUT2D eigenvalue weighted by atomic mass is 79.9. The first-order valence-corrected chi connectivity index (χ1v) is 8.49. The summed E-state index contributed by atoms with van der Waals surface area (Å²) in [5.74, 6) is 0.137. The van der Waals surface area contributed by atoms with E-state index in [1.165, 1.54) is 24.1 Å². The van der Waals surface area contributed by atoms with Crippen LogP contribution in [0.15, 0.2) is 6.07 Å². The first kappa shape index (κ1) is 12.6. The summed E-state index contributed by atoms with van der Waals surface area (Å²) >= 11 is 14.9. The molecule has 1 spiro atoms. The Labute approximate surface area is 126 Å². The van der Waals surface area contributed by atoms with Crippen molar-refractivity contribution in [3.63, 3.8) is 0 Å². The van der Waals surface area contributed by atoms with Crippen LogP contribution in [0.3, 0.4) is 0 Å². The normalized spacial score (nSPS) is 25.2. The lowest BCUT2D eigenvalue weighted by Gasteiger charge is -2.40. The van der Waals surface area contributed by atoms with E-state index in [-0.39, 0.29) is 11.2 Å². The smallest absolute Gasteiger partial charge is 0.192 e. The maximum atomic E-state index is 12.5. The van der Waals surface area contributed by atoms with Gasteiger partial charge in [-0.3, -0.25) is 4.79 Å². The molecule has 1 saturated carbocycles. The minimum atomic E-state index is -0.612. The predicted octanol–water partition coefficient (Wildman–Crippen LogP) is 5.29. The molecular formula is C12H11Br2ClOS. The number of ketones is 1. The van der Waals surface area contributed by atoms with Crippen molar-refractivity contribution in [2.75, 3.05) is 0 Å². The Kier molecular flexibility index (Phi) is 3.02. The van der Waals surface area contributed by atoms with Crippen molar-refractivity contribution in [3.8, 4) is 0 Å². The number of halogens is 3. The molecule has 5 heteroatoms. The van der Waals surface area contributed by atoms with Gasteiger partial charge in [0.15, 0.2) is 9.02 Å². The second kappa shape index (κ2) is 4.06. The van der Waals surface area contributed by atoms with E-state index >= 15 is 0 Å². The molecule has 0 atom stereocenters. The molecule has 0 saturated heterocycles. The molecule has 1 heterocycles. The van der Waals surface area contributed by atoms with Gasteiger partial charge in [-0.15, -0.1) is 11.3 Å². The van der Waals surface area contributed by atoms with Crippen LogP contribution in [0.5, 0.6) is 0 Å². The highest BCUT2D eigenvalue weighted by molar-refractivity contribution is 9.26. The topological polar surface area (TPSA) is 17.1 Å². The van der Waals surface area contributed by atoms with Crippen LogP contribution < -0.4 is 0 Å². The van der Waals surface area contributed by atoms with Crippen molar-refractivity contribution in [1.82, 2.24) is 0 Å². The molecule has 3 rings (SSSR count). The van der Waals surface area contributed by atoms with Crippen molar-refractivity contribution in [1.29, 1.82) is 0 Å². The predicted molar refractivity (Wildman–Crippen MR) is 79.0 cm³/mol. The quantitative estimate of drug-likeness (QED) is 0.543. The second-order valence-electron chi connectivity index (χ2n) is 4.84. The van der Waals surface area contributed by atoms with E-state index in [9.17, 15) is 4.79 Å². The van der Waals surface area contributed by atoms with Gasteiger partial charge < -0.3 is 0 Å². The number of alkyl halides is 2. The number of hydrogen-bond acceptors (Lipinski definition) is 2. The largest absolute Gasteiger partial charge is 0.292 e. The van der Waals surface area contributed by atoms with Crippen molar-refractivity contribution in [2.24, 2.45) is 0 Å². The van der Waals surface area contributed by atoms with Crippen molar-refractivity contribution < 1.29 is 4.79 Å². The first-order chi connectivity index (χ1) is 7.99. The van der Waals surface area contributed by atoms with Crippen LogP contribution in [0.2, 0.25) is 4.34 Å². The Morgan fingerprint density at radius 3 is 2.53 bits per heavy atom. The molecule has 1 nitrogen and oxygen atoms in total. The molecule has 92 valence electrons. The monoisotopic (exact) mass is 396 g/mol. The average Bonchev–Trinajstić information content (AvgIpc) is 2.75. The van der Waals surface area contributed by atoms with Gasteiger partial charge in [-0.05, 0) is 18.9 Å². The van der Waals surface area contributed by atoms with Gasteiger partial charge in [0.2, 0.25) is 0 Å². The maximum Gasteiger partial charge on any atom is 0.192 e. The van der Waals surface area contributed by atoms with E-state index < -0.39 is 3.23 Å². The molecule has 1 aromatic heterocycles. The summed E-state index contributed by atoms with van der Waals surface area (Å²) in [5, 5.41) is 0. The molecule has 17 heavy (non-hydrogen) atoms. The molecule has 0 N–H and O–H groups in total. The number of Topliss-reactive ketones (excluding diaryl/α,β-unsaturated/α-hetero) is 1. The zero-order valence-corrected chi connectivity index (χ0v) is 13.8. The van der Waals surface area contributed by atoms with E-state index in [1.54, 1.807) is 11.3 Å². The summed E-state index contributed by atoms with van der Waals surface area (Å²) in [4.78, 5) is 13.6. The Hall–Kier alpha value is 0.620. The fourth-order valence-electron chi connectivity index (χ4n) is 3.11. The second-order valence-corrected chi connectivity index (χ2v) is 9.97. The number of fused-ring (bicyclic) bond motifs is 2. The molecule has 0 radical (unpaired) electrons. The zero-order chi connectivity index (χ0) is 12.3. The van der Waals surface area contributed by atoms with Crippen LogP contribution in [0, 0.1) is 0 Å². The third-order valence-corrected chi connectivity index (χ3v) is 7.68. The summed E-state index contributed by atoms with van der Waals surface area (Å²) < 4.78 is 0.114. The molecule has 0 unspecified atom stereocenters.